The quantitative estimate of drug-likeness (QED) is 0.864. The van der Waals surface area contributed by atoms with Crippen molar-refractivity contribution >= 4 is 17.2 Å². The number of benzene rings is 1. The first-order chi connectivity index (χ1) is 8.09. The number of anilines is 3. The monoisotopic (exact) mass is 231 g/mol. The number of nitrogens with two attached hydrogens (primary N) is 1. The molecule has 0 saturated carbocycles. The minimum atomic E-state index is -0.257. The second-order valence-electron chi connectivity index (χ2n) is 3.90. The lowest BCUT2D eigenvalue weighted by atomic mass is 10.2. The fourth-order valence-electron chi connectivity index (χ4n) is 1.61. The van der Waals surface area contributed by atoms with Gasteiger partial charge >= 0.3 is 0 Å². The van der Waals surface area contributed by atoms with Crippen LogP contribution in [0.3, 0.4) is 0 Å². The Morgan fingerprint density at radius 2 is 1.82 bits per heavy atom. The van der Waals surface area contributed by atoms with Gasteiger partial charge in [0.25, 0.3) is 0 Å². The number of aromatic nitrogens is 1. The van der Waals surface area contributed by atoms with E-state index in [1.165, 1.54) is 12.1 Å². The zero-order valence-corrected chi connectivity index (χ0v) is 9.81. The molecular formula is C13H14FN3. The van der Waals surface area contributed by atoms with Crippen molar-refractivity contribution in [3.05, 3.63) is 47.9 Å². The molecule has 0 unspecified atom stereocenters. The average molecular weight is 231 g/mol. The summed E-state index contributed by atoms with van der Waals surface area (Å²) in [5, 5.41) is 0. The second-order valence-corrected chi connectivity index (χ2v) is 3.90. The predicted octanol–water partition coefficient (Wildman–Crippen LogP) is 2.88. The zero-order valence-electron chi connectivity index (χ0n) is 9.81. The molecule has 0 bridgehead atoms. The van der Waals surface area contributed by atoms with Crippen LogP contribution >= 0.6 is 0 Å². The van der Waals surface area contributed by atoms with Gasteiger partial charge in [-0.3, -0.25) is 0 Å². The summed E-state index contributed by atoms with van der Waals surface area (Å²) in [6, 6.07) is 8.07. The largest absolute Gasteiger partial charge is 0.396 e. The molecule has 0 aliphatic carbocycles. The van der Waals surface area contributed by atoms with Crippen LogP contribution in [-0.4, -0.2) is 12.0 Å². The highest BCUT2D eigenvalue weighted by Gasteiger charge is 2.10. The molecule has 1 aromatic heterocycles. The molecule has 0 aliphatic rings. The smallest absolute Gasteiger partial charge is 0.156 e. The molecule has 0 atom stereocenters. The lowest BCUT2D eigenvalue weighted by molar-refractivity contribution is 0.628. The molecule has 0 saturated heterocycles. The summed E-state index contributed by atoms with van der Waals surface area (Å²) in [4.78, 5) is 6.08. The van der Waals surface area contributed by atoms with Gasteiger partial charge < -0.3 is 10.6 Å². The summed E-state index contributed by atoms with van der Waals surface area (Å²) in [5.74, 6) is 0.420. The third-order valence-electron chi connectivity index (χ3n) is 2.72. The summed E-state index contributed by atoms with van der Waals surface area (Å²) in [5.41, 5.74) is 8.43. The first kappa shape index (κ1) is 11.4. The molecule has 17 heavy (non-hydrogen) atoms. The highest BCUT2D eigenvalue weighted by atomic mass is 19.1. The summed E-state index contributed by atoms with van der Waals surface area (Å²) in [6.07, 6.45) is 1.71. The molecule has 1 heterocycles. The third-order valence-corrected chi connectivity index (χ3v) is 2.72. The maximum Gasteiger partial charge on any atom is 0.156 e. The molecule has 2 N–H and O–H groups in total. The Morgan fingerprint density at radius 3 is 2.47 bits per heavy atom. The number of nitrogens with zero attached hydrogens (tertiary/aromatic N) is 2. The maximum atomic E-state index is 12.8. The van der Waals surface area contributed by atoms with Gasteiger partial charge in [0, 0.05) is 18.9 Å². The van der Waals surface area contributed by atoms with Crippen molar-refractivity contribution < 1.29 is 4.39 Å². The van der Waals surface area contributed by atoms with E-state index in [1.807, 2.05) is 24.9 Å². The van der Waals surface area contributed by atoms with Crippen LogP contribution in [0.15, 0.2) is 36.5 Å². The lowest BCUT2D eigenvalue weighted by Gasteiger charge is -2.20. The Morgan fingerprint density at radius 1 is 1.18 bits per heavy atom. The van der Waals surface area contributed by atoms with Crippen LogP contribution in [0.4, 0.5) is 21.6 Å². The number of aryl methyl sites for hydroxylation is 1. The molecule has 0 fully saturated rings. The van der Waals surface area contributed by atoms with Gasteiger partial charge in [0.05, 0.1) is 5.69 Å². The summed E-state index contributed by atoms with van der Waals surface area (Å²) in [7, 11) is 1.85. The second kappa shape index (κ2) is 4.41. The van der Waals surface area contributed by atoms with Crippen molar-refractivity contribution in [3.63, 3.8) is 0 Å². The number of hydrogen-bond donors (Lipinski definition) is 1. The van der Waals surface area contributed by atoms with E-state index in [9.17, 15) is 4.39 Å². The minimum Gasteiger partial charge on any atom is -0.396 e. The zero-order chi connectivity index (χ0) is 12.4. The van der Waals surface area contributed by atoms with Crippen LogP contribution in [0.1, 0.15) is 5.56 Å². The summed E-state index contributed by atoms with van der Waals surface area (Å²) < 4.78 is 12.8. The molecule has 2 aromatic rings. The van der Waals surface area contributed by atoms with E-state index in [0.717, 1.165) is 11.3 Å². The molecule has 0 spiro atoms. The number of hydrogen-bond acceptors (Lipinski definition) is 3. The Balaban J connectivity index is 2.40. The molecule has 88 valence electrons. The molecule has 4 heteroatoms. The Bertz CT molecular complexity index is 523. The van der Waals surface area contributed by atoms with Gasteiger partial charge in [-0.05, 0) is 42.8 Å². The van der Waals surface area contributed by atoms with Gasteiger partial charge in [0.2, 0.25) is 0 Å². The summed E-state index contributed by atoms with van der Waals surface area (Å²) >= 11 is 0. The molecule has 0 radical (unpaired) electrons. The van der Waals surface area contributed by atoms with Crippen LogP contribution in [0.2, 0.25) is 0 Å². The van der Waals surface area contributed by atoms with E-state index < -0.39 is 0 Å². The first-order valence-electron chi connectivity index (χ1n) is 5.30. The van der Waals surface area contributed by atoms with Gasteiger partial charge in [-0.1, -0.05) is 0 Å². The van der Waals surface area contributed by atoms with Crippen molar-refractivity contribution in [3.8, 4) is 0 Å². The van der Waals surface area contributed by atoms with Crippen molar-refractivity contribution in [1.29, 1.82) is 0 Å². The number of halogens is 1. The lowest BCUT2D eigenvalue weighted by Crippen LogP contribution is -2.13. The van der Waals surface area contributed by atoms with Crippen LogP contribution in [0.25, 0.3) is 0 Å². The SMILES string of the molecule is Cc1ccnc(N(C)c2ccc(F)cc2)c1N. The normalized spacial score (nSPS) is 10.3. The van der Waals surface area contributed by atoms with Crippen LogP contribution in [0.5, 0.6) is 0 Å². The molecule has 0 amide bonds. The van der Waals surface area contributed by atoms with Crippen LogP contribution < -0.4 is 10.6 Å². The molecule has 1 aromatic carbocycles. The molecule has 3 nitrogen and oxygen atoms in total. The van der Waals surface area contributed by atoms with E-state index in [1.54, 1.807) is 18.3 Å². The van der Waals surface area contributed by atoms with Crippen LogP contribution in [0, 0.1) is 12.7 Å². The topological polar surface area (TPSA) is 42.2 Å². The molecule has 0 aliphatic heterocycles. The number of rotatable bonds is 2. The minimum absolute atomic E-state index is 0.257. The van der Waals surface area contributed by atoms with Crippen molar-refractivity contribution in [1.82, 2.24) is 4.98 Å². The van der Waals surface area contributed by atoms with E-state index in [2.05, 4.69) is 4.98 Å². The Hall–Kier alpha value is -2.10. The first-order valence-corrected chi connectivity index (χ1v) is 5.30. The van der Waals surface area contributed by atoms with Crippen LogP contribution in [-0.2, 0) is 0 Å². The van der Waals surface area contributed by atoms with Crippen molar-refractivity contribution in [2.24, 2.45) is 0 Å². The van der Waals surface area contributed by atoms with Gasteiger partial charge in [0.1, 0.15) is 5.82 Å². The van der Waals surface area contributed by atoms with Gasteiger partial charge in [-0.2, -0.15) is 0 Å². The van der Waals surface area contributed by atoms with Crippen molar-refractivity contribution in [2.45, 2.75) is 6.92 Å². The van der Waals surface area contributed by atoms with E-state index in [0.29, 0.717) is 11.5 Å². The summed E-state index contributed by atoms with van der Waals surface area (Å²) in [6.45, 7) is 1.93. The predicted molar refractivity (Wildman–Crippen MR) is 67.8 cm³/mol. The maximum absolute atomic E-state index is 12.8. The van der Waals surface area contributed by atoms with Gasteiger partial charge in [-0.15, -0.1) is 0 Å². The fraction of sp³-hybridized carbons (Fsp3) is 0.154. The third kappa shape index (κ3) is 2.20. The Kier molecular flexibility index (Phi) is 2.95. The molecular weight excluding hydrogens is 217 g/mol. The van der Waals surface area contributed by atoms with Gasteiger partial charge in [-0.25, -0.2) is 9.37 Å². The molecule has 2 rings (SSSR count). The van der Waals surface area contributed by atoms with E-state index >= 15 is 0 Å². The van der Waals surface area contributed by atoms with E-state index in [-0.39, 0.29) is 5.82 Å². The van der Waals surface area contributed by atoms with E-state index in [4.69, 9.17) is 5.73 Å². The average Bonchev–Trinajstić information content (AvgIpc) is 2.33. The van der Waals surface area contributed by atoms with Gasteiger partial charge in [0.15, 0.2) is 5.82 Å². The Labute approximate surface area is 99.7 Å². The highest BCUT2D eigenvalue weighted by molar-refractivity contribution is 5.72. The number of nitrogen functional groups attached to an aromatic ring is 1. The fourth-order valence-corrected chi connectivity index (χ4v) is 1.61. The van der Waals surface area contributed by atoms with Crippen molar-refractivity contribution in [2.75, 3.05) is 17.7 Å². The number of pyridine rings is 1. The standard InChI is InChI=1S/C13H14FN3/c1-9-7-8-16-13(12(9)15)17(2)11-5-3-10(14)4-6-11/h3-8H,15H2,1-2H3. The highest BCUT2D eigenvalue weighted by Crippen LogP contribution is 2.28.